The Morgan fingerprint density at radius 2 is 2.00 bits per heavy atom. The number of rotatable bonds is 5. The number of anilines is 1. The van der Waals surface area contributed by atoms with Crippen molar-refractivity contribution in [2.45, 2.75) is 26.7 Å². The van der Waals surface area contributed by atoms with E-state index in [0.29, 0.717) is 3.57 Å². The fourth-order valence-electron chi connectivity index (χ4n) is 1.46. The predicted octanol–water partition coefficient (Wildman–Crippen LogP) is 2.00. The van der Waals surface area contributed by atoms with Crippen LogP contribution in [0.1, 0.15) is 26.7 Å². The van der Waals surface area contributed by atoms with Crippen molar-refractivity contribution in [3.05, 3.63) is 20.3 Å². The maximum atomic E-state index is 11.4. The average Bonchev–Trinajstić information content (AvgIpc) is 2.22. The molecule has 0 unspecified atom stereocenters. The summed E-state index contributed by atoms with van der Waals surface area (Å²) in [4.78, 5) is 20.4. The first kappa shape index (κ1) is 12.5. The van der Waals surface area contributed by atoms with Crippen LogP contribution in [0.5, 0.6) is 0 Å². The lowest BCUT2D eigenvalue weighted by molar-refractivity contribution is 0.729. The zero-order chi connectivity index (χ0) is 11.3. The van der Waals surface area contributed by atoms with Gasteiger partial charge in [0, 0.05) is 13.1 Å². The van der Waals surface area contributed by atoms with Gasteiger partial charge in [0.05, 0.1) is 6.33 Å². The average molecular weight is 321 g/mol. The van der Waals surface area contributed by atoms with E-state index in [4.69, 9.17) is 0 Å². The van der Waals surface area contributed by atoms with Crippen LogP contribution in [0.25, 0.3) is 0 Å². The molecule has 4 nitrogen and oxygen atoms in total. The molecule has 1 N–H and O–H groups in total. The first-order valence-electron chi connectivity index (χ1n) is 5.18. The van der Waals surface area contributed by atoms with E-state index in [2.05, 4.69) is 51.3 Å². The second kappa shape index (κ2) is 6.09. The molecule has 0 aromatic carbocycles. The number of hydrogen-bond acceptors (Lipinski definition) is 3. The van der Waals surface area contributed by atoms with Gasteiger partial charge in [-0.15, -0.1) is 0 Å². The van der Waals surface area contributed by atoms with E-state index in [1.807, 2.05) is 0 Å². The molecule has 1 aromatic rings. The normalized spacial score (nSPS) is 10.3. The standard InChI is InChI=1S/C10H16IN3O/c1-3-5-14(6-4-2)9-8(11)10(15)13-7-12-9/h7H,3-6H2,1-2H3,(H,12,13,15). The Bertz CT molecular complexity index is 358. The van der Waals surface area contributed by atoms with Crippen LogP contribution in [0.2, 0.25) is 0 Å². The summed E-state index contributed by atoms with van der Waals surface area (Å²) in [5, 5.41) is 0. The number of nitrogens with zero attached hydrogens (tertiary/aromatic N) is 2. The van der Waals surface area contributed by atoms with Crippen LogP contribution in [-0.2, 0) is 0 Å². The number of aromatic amines is 1. The van der Waals surface area contributed by atoms with E-state index in [1.165, 1.54) is 6.33 Å². The van der Waals surface area contributed by atoms with Crippen LogP contribution in [0.4, 0.5) is 5.82 Å². The summed E-state index contributed by atoms with van der Waals surface area (Å²) < 4.78 is 0.678. The summed E-state index contributed by atoms with van der Waals surface area (Å²) in [6.07, 6.45) is 3.59. The molecule has 0 atom stereocenters. The van der Waals surface area contributed by atoms with E-state index >= 15 is 0 Å². The molecule has 1 aromatic heterocycles. The van der Waals surface area contributed by atoms with Crippen LogP contribution in [0, 0.1) is 3.57 Å². The zero-order valence-corrected chi connectivity index (χ0v) is 11.2. The molecule has 0 fully saturated rings. The van der Waals surface area contributed by atoms with Crippen molar-refractivity contribution in [1.29, 1.82) is 0 Å². The predicted molar refractivity (Wildman–Crippen MR) is 70.4 cm³/mol. The van der Waals surface area contributed by atoms with Crippen LogP contribution >= 0.6 is 22.6 Å². The Labute approximate surface area is 103 Å². The molecule has 15 heavy (non-hydrogen) atoms. The van der Waals surface area contributed by atoms with Gasteiger partial charge in [-0.2, -0.15) is 0 Å². The van der Waals surface area contributed by atoms with Crippen molar-refractivity contribution in [3.8, 4) is 0 Å². The van der Waals surface area contributed by atoms with Gasteiger partial charge in [-0.05, 0) is 35.4 Å². The van der Waals surface area contributed by atoms with Gasteiger partial charge in [-0.1, -0.05) is 13.8 Å². The first-order valence-corrected chi connectivity index (χ1v) is 6.26. The highest BCUT2D eigenvalue weighted by Crippen LogP contribution is 2.15. The highest BCUT2D eigenvalue weighted by molar-refractivity contribution is 14.1. The maximum Gasteiger partial charge on any atom is 0.266 e. The molecule has 0 radical (unpaired) electrons. The SMILES string of the molecule is CCCN(CCC)c1nc[nH]c(=O)c1I. The Balaban J connectivity index is 2.99. The minimum Gasteiger partial charge on any atom is -0.356 e. The van der Waals surface area contributed by atoms with Crippen molar-refractivity contribution in [3.63, 3.8) is 0 Å². The van der Waals surface area contributed by atoms with Gasteiger partial charge < -0.3 is 9.88 Å². The summed E-state index contributed by atoms with van der Waals surface area (Å²) in [6, 6.07) is 0. The molecule has 1 rings (SSSR count). The molecule has 0 aliphatic carbocycles. The first-order chi connectivity index (χ1) is 7.20. The summed E-state index contributed by atoms with van der Waals surface area (Å²) in [5.41, 5.74) is -0.0576. The molecule has 0 amide bonds. The summed E-state index contributed by atoms with van der Waals surface area (Å²) >= 11 is 2.05. The molecule has 0 aliphatic rings. The molecule has 0 saturated carbocycles. The van der Waals surface area contributed by atoms with E-state index in [-0.39, 0.29) is 5.56 Å². The molecule has 84 valence electrons. The van der Waals surface area contributed by atoms with E-state index in [9.17, 15) is 4.79 Å². The molecular formula is C10H16IN3O. The number of H-pyrrole nitrogens is 1. The monoisotopic (exact) mass is 321 g/mol. The summed E-state index contributed by atoms with van der Waals surface area (Å²) in [7, 11) is 0. The lowest BCUT2D eigenvalue weighted by Gasteiger charge is -2.22. The van der Waals surface area contributed by atoms with Gasteiger partial charge in [0.25, 0.3) is 5.56 Å². The van der Waals surface area contributed by atoms with E-state index < -0.39 is 0 Å². The fraction of sp³-hybridized carbons (Fsp3) is 0.600. The number of hydrogen-bond donors (Lipinski definition) is 1. The quantitative estimate of drug-likeness (QED) is 0.844. The molecule has 5 heteroatoms. The summed E-state index contributed by atoms with van der Waals surface area (Å²) in [6.45, 7) is 6.14. The fourth-order valence-corrected chi connectivity index (χ4v) is 2.09. The van der Waals surface area contributed by atoms with Crippen LogP contribution in [-0.4, -0.2) is 23.1 Å². The largest absolute Gasteiger partial charge is 0.356 e. The molecule has 0 saturated heterocycles. The van der Waals surface area contributed by atoms with E-state index in [1.54, 1.807) is 0 Å². The van der Waals surface area contributed by atoms with Crippen molar-refractivity contribution < 1.29 is 0 Å². The molecule has 0 aliphatic heterocycles. The summed E-state index contributed by atoms with van der Waals surface area (Å²) in [5.74, 6) is 0.808. The highest BCUT2D eigenvalue weighted by Gasteiger charge is 2.11. The third-order valence-corrected chi connectivity index (χ3v) is 3.04. The number of halogens is 1. The van der Waals surface area contributed by atoms with Gasteiger partial charge in [0.15, 0.2) is 0 Å². The number of aromatic nitrogens is 2. The molecule has 1 heterocycles. The second-order valence-corrected chi connectivity index (χ2v) is 4.44. The minimum atomic E-state index is -0.0576. The van der Waals surface area contributed by atoms with Gasteiger partial charge in [0.1, 0.15) is 9.39 Å². The Morgan fingerprint density at radius 1 is 1.40 bits per heavy atom. The smallest absolute Gasteiger partial charge is 0.266 e. The molecular weight excluding hydrogens is 305 g/mol. The van der Waals surface area contributed by atoms with Crippen molar-refractivity contribution in [1.82, 2.24) is 9.97 Å². The Hall–Kier alpha value is -0.590. The van der Waals surface area contributed by atoms with Crippen molar-refractivity contribution >= 4 is 28.4 Å². The molecule has 0 bridgehead atoms. The van der Waals surface area contributed by atoms with Crippen LogP contribution < -0.4 is 10.5 Å². The minimum absolute atomic E-state index is 0.0576. The van der Waals surface area contributed by atoms with Crippen molar-refractivity contribution in [2.75, 3.05) is 18.0 Å². The molecule has 0 spiro atoms. The Kier molecular flexibility index (Phi) is 5.07. The second-order valence-electron chi connectivity index (χ2n) is 3.36. The van der Waals surface area contributed by atoms with Crippen molar-refractivity contribution in [2.24, 2.45) is 0 Å². The van der Waals surface area contributed by atoms with Crippen LogP contribution in [0.15, 0.2) is 11.1 Å². The highest BCUT2D eigenvalue weighted by atomic mass is 127. The van der Waals surface area contributed by atoms with Gasteiger partial charge in [0.2, 0.25) is 0 Å². The topological polar surface area (TPSA) is 49.0 Å². The third kappa shape index (κ3) is 3.19. The lowest BCUT2D eigenvalue weighted by atomic mass is 10.3. The Morgan fingerprint density at radius 3 is 2.53 bits per heavy atom. The third-order valence-electron chi connectivity index (χ3n) is 2.06. The number of nitrogens with one attached hydrogen (secondary N) is 1. The lowest BCUT2D eigenvalue weighted by Crippen LogP contribution is -2.29. The van der Waals surface area contributed by atoms with E-state index in [0.717, 1.165) is 31.7 Å². The zero-order valence-electron chi connectivity index (χ0n) is 9.09. The van der Waals surface area contributed by atoms with Crippen LogP contribution in [0.3, 0.4) is 0 Å². The van der Waals surface area contributed by atoms with Gasteiger partial charge >= 0.3 is 0 Å². The van der Waals surface area contributed by atoms with Gasteiger partial charge in [-0.3, -0.25) is 4.79 Å². The maximum absolute atomic E-state index is 11.4. The van der Waals surface area contributed by atoms with Gasteiger partial charge in [-0.25, -0.2) is 4.98 Å².